The Morgan fingerprint density at radius 3 is 2.76 bits per heavy atom. The first-order valence-electron chi connectivity index (χ1n) is 8.49. The van der Waals surface area contributed by atoms with Gasteiger partial charge >= 0.3 is 0 Å². The van der Waals surface area contributed by atoms with Gasteiger partial charge in [-0.1, -0.05) is 19.4 Å². The van der Waals surface area contributed by atoms with Gasteiger partial charge in [-0.15, -0.1) is 0 Å². The molecular formula is C18H24F2N4O. The van der Waals surface area contributed by atoms with Crippen molar-refractivity contribution in [2.75, 3.05) is 30.8 Å². The maximum absolute atomic E-state index is 13.6. The summed E-state index contributed by atoms with van der Waals surface area (Å²) in [5.41, 5.74) is 0.480. The van der Waals surface area contributed by atoms with E-state index in [-0.39, 0.29) is 0 Å². The minimum absolute atomic E-state index is 0.390. The fourth-order valence-electron chi connectivity index (χ4n) is 2.28. The summed E-state index contributed by atoms with van der Waals surface area (Å²) >= 11 is 0. The quantitative estimate of drug-likeness (QED) is 0.634. The summed E-state index contributed by atoms with van der Waals surface area (Å²) in [7, 11) is 1.75. The number of ether oxygens (including phenoxy) is 1. The molecular weight excluding hydrogens is 326 g/mol. The number of unbranched alkanes of at least 4 members (excludes halogenated alkanes) is 1. The lowest BCUT2D eigenvalue weighted by Crippen LogP contribution is -2.09. The zero-order chi connectivity index (χ0) is 18.1. The zero-order valence-corrected chi connectivity index (χ0v) is 14.6. The van der Waals surface area contributed by atoms with Crippen LogP contribution < -0.4 is 15.4 Å². The van der Waals surface area contributed by atoms with Crippen LogP contribution in [0.1, 0.15) is 31.7 Å². The fraction of sp³-hybridized carbons (Fsp3) is 0.444. The van der Waals surface area contributed by atoms with E-state index in [1.54, 1.807) is 13.2 Å². The van der Waals surface area contributed by atoms with E-state index in [1.165, 1.54) is 12.1 Å². The van der Waals surface area contributed by atoms with Crippen molar-refractivity contribution in [1.29, 1.82) is 0 Å². The molecule has 0 fully saturated rings. The molecule has 1 aromatic heterocycles. The van der Waals surface area contributed by atoms with E-state index in [0.717, 1.165) is 25.5 Å². The number of nitrogens with one attached hydrogen (secondary N) is 2. The molecule has 1 heterocycles. The molecule has 7 heteroatoms. The third kappa shape index (κ3) is 5.85. The highest BCUT2D eigenvalue weighted by Gasteiger charge is 2.09. The van der Waals surface area contributed by atoms with E-state index in [0.29, 0.717) is 42.5 Å². The Balaban J connectivity index is 1.90. The summed E-state index contributed by atoms with van der Waals surface area (Å²) < 4.78 is 32.2. The summed E-state index contributed by atoms with van der Waals surface area (Å²) in [6, 6.07) is 3.63. The van der Waals surface area contributed by atoms with Gasteiger partial charge in [0, 0.05) is 19.7 Å². The maximum Gasteiger partial charge on any atom is 0.224 e. The van der Waals surface area contributed by atoms with Crippen LogP contribution in [0.4, 0.5) is 20.5 Å². The number of halogens is 2. The first kappa shape index (κ1) is 18.9. The second-order valence-corrected chi connectivity index (χ2v) is 5.62. The van der Waals surface area contributed by atoms with Crippen molar-refractivity contribution in [3.05, 3.63) is 41.6 Å². The molecule has 0 bridgehead atoms. The maximum atomic E-state index is 13.6. The molecule has 2 rings (SSSR count). The van der Waals surface area contributed by atoms with Crippen LogP contribution in [0.5, 0.6) is 5.75 Å². The van der Waals surface area contributed by atoms with Gasteiger partial charge in [0.1, 0.15) is 11.6 Å². The van der Waals surface area contributed by atoms with Crippen LogP contribution in [0.25, 0.3) is 0 Å². The van der Waals surface area contributed by atoms with Crippen molar-refractivity contribution in [2.45, 2.75) is 32.6 Å². The molecule has 0 spiro atoms. The molecule has 0 atom stereocenters. The van der Waals surface area contributed by atoms with Crippen molar-refractivity contribution in [1.82, 2.24) is 9.97 Å². The molecule has 0 aliphatic rings. The molecule has 0 unspecified atom stereocenters. The van der Waals surface area contributed by atoms with Gasteiger partial charge < -0.3 is 15.4 Å². The van der Waals surface area contributed by atoms with Crippen LogP contribution in [-0.4, -0.2) is 30.2 Å². The molecule has 0 aliphatic carbocycles. The van der Waals surface area contributed by atoms with E-state index in [1.807, 2.05) is 0 Å². The van der Waals surface area contributed by atoms with E-state index in [9.17, 15) is 8.78 Å². The molecule has 1 aromatic carbocycles. The van der Waals surface area contributed by atoms with Crippen LogP contribution in [-0.2, 0) is 6.42 Å². The van der Waals surface area contributed by atoms with Crippen molar-refractivity contribution >= 4 is 11.8 Å². The molecule has 2 aromatic rings. The first-order chi connectivity index (χ1) is 12.1. The van der Waals surface area contributed by atoms with Crippen molar-refractivity contribution in [3.63, 3.8) is 0 Å². The normalized spacial score (nSPS) is 10.6. The predicted octanol–water partition coefficient (Wildman–Crippen LogP) is 4.02. The summed E-state index contributed by atoms with van der Waals surface area (Å²) in [4.78, 5) is 8.52. The van der Waals surface area contributed by atoms with Gasteiger partial charge in [-0.3, -0.25) is 0 Å². The molecule has 5 nitrogen and oxygen atoms in total. The molecule has 0 aliphatic heterocycles. The molecule has 136 valence electrons. The summed E-state index contributed by atoms with van der Waals surface area (Å²) in [5.74, 6) is 0.626. The monoisotopic (exact) mass is 350 g/mol. The average Bonchev–Trinajstić information content (AvgIpc) is 2.61. The van der Waals surface area contributed by atoms with Gasteiger partial charge in [0.25, 0.3) is 0 Å². The van der Waals surface area contributed by atoms with E-state index >= 15 is 0 Å². The minimum Gasteiger partial charge on any atom is -0.488 e. The Hall–Kier alpha value is -2.44. The van der Waals surface area contributed by atoms with Crippen LogP contribution in [0.2, 0.25) is 0 Å². The highest BCUT2D eigenvalue weighted by molar-refractivity contribution is 5.51. The van der Waals surface area contributed by atoms with Crippen molar-refractivity contribution in [2.24, 2.45) is 0 Å². The van der Waals surface area contributed by atoms with Gasteiger partial charge in [-0.2, -0.15) is 4.98 Å². The number of aromatic nitrogens is 2. The van der Waals surface area contributed by atoms with Crippen LogP contribution in [0.3, 0.4) is 0 Å². The standard InChI is InChI=1S/C18H24F2N4O/c1-3-4-9-22-17-16(12-23-18(21-2)24-17)25-10-5-6-13-7-8-14(19)11-15(13)20/h7-8,11-12H,3-6,9-10H2,1-2H3,(H2,21,22,23,24). The Bertz CT molecular complexity index is 682. The smallest absolute Gasteiger partial charge is 0.224 e. The molecule has 0 radical (unpaired) electrons. The predicted molar refractivity (Wildman–Crippen MR) is 95.2 cm³/mol. The summed E-state index contributed by atoms with van der Waals surface area (Å²) in [6.07, 6.45) is 4.80. The van der Waals surface area contributed by atoms with E-state index < -0.39 is 11.6 Å². The average molecular weight is 350 g/mol. The summed E-state index contributed by atoms with van der Waals surface area (Å²) in [5, 5.41) is 6.14. The highest BCUT2D eigenvalue weighted by atomic mass is 19.1. The topological polar surface area (TPSA) is 59.1 Å². The number of aryl methyl sites for hydroxylation is 1. The first-order valence-corrected chi connectivity index (χ1v) is 8.49. The highest BCUT2D eigenvalue weighted by Crippen LogP contribution is 2.23. The van der Waals surface area contributed by atoms with Crippen LogP contribution in [0.15, 0.2) is 24.4 Å². The molecule has 0 saturated carbocycles. The lowest BCUT2D eigenvalue weighted by molar-refractivity contribution is 0.309. The number of anilines is 2. The SMILES string of the molecule is CCCCNc1nc(NC)ncc1OCCCc1ccc(F)cc1F. The number of hydrogen-bond donors (Lipinski definition) is 2. The number of rotatable bonds is 10. The third-order valence-corrected chi connectivity index (χ3v) is 3.66. The Morgan fingerprint density at radius 1 is 1.20 bits per heavy atom. The third-order valence-electron chi connectivity index (χ3n) is 3.66. The van der Waals surface area contributed by atoms with Gasteiger partial charge in [-0.25, -0.2) is 13.8 Å². The van der Waals surface area contributed by atoms with Crippen molar-refractivity contribution in [3.8, 4) is 5.75 Å². The fourth-order valence-corrected chi connectivity index (χ4v) is 2.28. The molecule has 0 saturated heterocycles. The summed E-state index contributed by atoms with van der Waals surface area (Å²) in [6.45, 7) is 3.31. The number of nitrogens with zero attached hydrogens (tertiary/aromatic N) is 2. The lowest BCUT2D eigenvalue weighted by Gasteiger charge is -2.13. The van der Waals surface area contributed by atoms with E-state index in [4.69, 9.17) is 4.74 Å². The lowest BCUT2D eigenvalue weighted by atomic mass is 10.1. The van der Waals surface area contributed by atoms with Gasteiger partial charge in [-0.05, 0) is 30.9 Å². The molecule has 2 N–H and O–H groups in total. The second-order valence-electron chi connectivity index (χ2n) is 5.62. The van der Waals surface area contributed by atoms with Crippen molar-refractivity contribution < 1.29 is 13.5 Å². The largest absolute Gasteiger partial charge is 0.488 e. The van der Waals surface area contributed by atoms with Crippen LogP contribution >= 0.6 is 0 Å². The number of hydrogen-bond acceptors (Lipinski definition) is 5. The minimum atomic E-state index is -0.568. The van der Waals surface area contributed by atoms with Crippen LogP contribution in [0, 0.1) is 11.6 Å². The Kier molecular flexibility index (Phi) is 7.37. The second kappa shape index (κ2) is 9.76. The number of benzene rings is 1. The van der Waals surface area contributed by atoms with Gasteiger partial charge in [0.05, 0.1) is 12.8 Å². The van der Waals surface area contributed by atoms with Gasteiger partial charge in [0.2, 0.25) is 5.95 Å². The molecule has 25 heavy (non-hydrogen) atoms. The van der Waals surface area contributed by atoms with E-state index in [2.05, 4.69) is 27.5 Å². The Morgan fingerprint density at radius 2 is 2.04 bits per heavy atom. The Labute approximate surface area is 146 Å². The zero-order valence-electron chi connectivity index (χ0n) is 14.6. The van der Waals surface area contributed by atoms with Gasteiger partial charge in [0.15, 0.2) is 11.6 Å². The molecule has 0 amide bonds.